The molecule has 0 spiro atoms. The van der Waals surface area contributed by atoms with Gasteiger partial charge in [-0.1, -0.05) is 12.1 Å². The highest BCUT2D eigenvalue weighted by molar-refractivity contribution is 5.85. The maximum absolute atomic E-state index is 10.1. The zero-order chi connectivity index (χ0) is 12.3. The number of benzene rings is 1. The van der Waals surface area contributed by atoms with Crippen LogP contribution in [0.5, 0.6) is 11.5 Å². The number of phenolic OH excluding ortho intramolecular Hbond substituents is 1. The lowest BCUT2D eigenvalue weighted by Gasteiger charge is -2.28. The molecule has 1 fully saturated rings. The fraction of sp³-hybridized carbons (Fsp3) is 0.538. The highest BCUT2D eigenvalue weighted by Gasteiger charge is 2.25. The lowest BCUT2D eigenvalue weighted by Crippen LogP contribution is -2.27. The number of halogens is 1. The maximum Gasteiger partial charge on any atom is 0.162 e. The van der Waals surface area contributed by atoms with E-state index in [2.05, 4.69) is 0 Å². The Kier molecular flexibility index (Phi) is 5.72. The smallest absolute Gasteiger partial charge is 0.162 e. The quantitative estimate of drug-likeness (QED) is 0.887. The average molecular weight is 274 g/mol. The summed E-state index contributed by atoms with van der Waals surface area (Å²) >= 11 is 0. The lowest BCUT2D eigenvalue weighted by atomic mass is 9.87. The van der Waals surface area contributed by atoms with Gasteiger partial charge in [0.15, 0.2) is 11.5 Å². The van der Waals surface area contributed by atoms with Gasteiger partial charge in [-0.3, -0.25) is 0 Å². The van der Waals surface area contributed by atoms with E-state index in [1.165, 1.54) is 0 Å². The van der Waals surface area contributed by atoms with Gasteiger partial charge in [-0.25, -0.2) is 0 Å². The molecule has 0 aliphatic carbocycles. The Balaban J connectivity index is 0.00000162. The van der Waals surface area contributed by atoms with Gasteiger partial charge in [0.05, 0.1) is 7.11 Å². The van der Waals surface area contributed by atoms with Crippen molar-refractivity contribution in [3.63, 3.8) is 0 Å². The summed E-state index contributed by atoms with van der Waals surface area (Å²) in [6, 6.07) is 5.29. The van der Waals surface area contributed by atoms with Gasteiger partial charge in [-0.15, -0.1) is 12.4 Å². The Labute approximate surface area is 113 Å². The topological polar surface area (TPSA) is 64.7 Å². The number of hydrogen-bond donors (Lipinski definition) is 2. The summed E-state index contributed by atoms with van der Waals surface area (Å²) in [5.41, 5.74) is 6.98. The first-order chi connectivity index (χ1) is 8.24. The van der Waals surface area contributed by atoms with Crippen molar-refractivity contribution in [2.75, 3.05) is 20.3 Å². The van der Waals surface area contributed by atoms with Gasteiger partial charge in [0.2, 0.25) is 0 Å². The Morgan fingerprint density at radius 2 is 2.06 bits per heavy atom. The molecule has 18 heavy (non-hydrogen) atoms. The van der Waals surface area contributed by atoms with Crippen LogP contribution in [0.1, 0.15) is 24.4 Å². The molecule has 2 rings (SSSR count). The van der Waals surface area contributed by atoms with Crippen molar-refractivity contribution in [2.45, 2.75) is 18.9 Å². The largest absolute Gasteiger partial charge is 0.504 e. The molecule has 4 nitrogen and oxygen atoms in total. The van der Waals surface area contributed by atoms with E-state index in [1.54, 1.807) is 13.2 Å². The van der Waals surface area contributed by atoms with Crippen molar-refractivity contribution < 1.29 is 14.6 Å². The highest BCUT2D eigenvalue weighted by atomic mass is 35.5. The second-order valence-corrected chi connectivity index (χ2v) is 4.37. The summed E-state index contributed by atoms with van der Waals surface area (Å²) in [7, 11) is 1.54. The van der Waals surface area contributed by atoms with Crippen LogP contribution in [0.15, 0.2) is 18.2 Å². The van der Waals surface area contributed by atoms with Crippen LogP contribution in [0.4, 0.5) is 0 Å². The van der Waals surface area contributed by atoms with Gasteiger partial charge < -0.3 is 20.3 Å². The van der Waals surface area contributed by atoms with E-state index in [0.29, 0.717) is 11.7 Å². The number of hydrogen-bond acceptors (Lipinski definition) is 4. The Morgan fingerprint density at radius 3 is 2.67 bits per heavy atom. The molecule has 3 N–H and O–H groups in total. The molecule has 0 aromatic heterocycles. The molecular formula is C13H20ClNO3. The fourth-order valence-corrected chi connectivity index (χ4v) is 2.30. The van der Waals surface area contributed by atoms with Gasteiger partial charge >= 0.3 is 0 Å². The molecule has 0 bridgehead atoms. The average Bonchev–Trinajstić information content (AvgIpc) is 2.39. The molecule has 1 aliphatic rings. The second-order valence-electron chi connectivity index (χ2n) is 4.37. The van der Waals surface area contributed by atoms with E-state index < -0.39 is 0 Å². The van der Waals surface area contributed by atoms with E-state index in [0.717, 1.165) is 31.6 Å². The van der Waals surface area contributed by atoms with Crippen LogP contribution >= 0.6 is 12.4 Å². The first kappa shape index (κ1) is 15.1. The fourth-order valence-electron chi connectivity index (χ4n) is 2.30. The monoisotopic (exact) mass is 273 g/mol. The first-order valence-electron chi connectivity index (χ1n) is 5.93. The van der Waals surface area contributed by atoms with E-state index in [1.807, 2.05) is 12.1 Å². The molecular weight excluding hydrogens is 254 g/mol. The van der Waals surface area contributed by atoms with E-state index in [-0.39, 0.29) is 24.2 Å². The molecule has 0 saturated carbocycles. The number of nitrogens with two attached hydrogens (primary N) is 1. The summed E-state index contributed by atoms with van der Waals surface area (Å²) in [5.74, 6) is 1.00. The third-order valence-electron chi connectivity index (χ3n) is 3.38. The van der Waals surface area contributed by atoms with Crippen LogP contribution < -0.4 is 10.5 Å². The molecule has 1 aliphatic heterocycles. The van der Waals surface area contributed by atoms with Crippen molar-refractivity contribution in [3.8, 4) is 11.5 Å². The Hall–Kier alpha value is -0.970. The van der Waals surface area contributed by atoms with Crippen LogP contribution in [-0.2, 0) is 4.74 Å². The molecule has 0 radical (unpaired) electrons. The van der Waals surface area contributed by atoms with Crippen LogP contribution in [0.25, 0.3) is 0 Å². The molecule has 1 saturated heterocycles. The lowest BCUT2D eigenvalue weighted by molar-refractivity contribution is 0.0581. The second kappa shape index (κ2) is 6.83. The number of para-hydroxylation sites is 1. The minimum atomic E-state index is -0.158. The van der Waals surface area contributed by atoms with Crippen molar-refractivity contribution in [1.29, 1.82) is 0 Å². The predicted molar refractivity (Wildman–Crippen MR) is 72.4 cm³/mol. The molecule has 0 unspecified atom stereocenters. The first-order valence-corrected chi connectivity index (χ1v) is 5.93. The number of rotatable bonds is 3. The van der Waals surface area contributed by atoms with E-state index >= 15 is 0 Å². The van der Waals surface area contributed by atoms with Gasteiger partial charge in [0.25, 0.3) is 0 Å². The summed E-state index contributed by atoms with van der Waals surface area (Å²) in [6.07, 6.45) is 1.88. The van der Waals surface area contributed by atoms with E-state index in [9.17, 15) is 5.11 Å². The molecule has 1 aromatic carbocycles. The Bertz CT molecular complexity index is 380. The summed E-state index contributed by atoms with van der Waals surface area (Å²) in [6.45, 7) is 1.51. The molecule has 5 heteroatoms. The molecule has 1 aromatic rings. The molecule has 102 valence electrons. The molecule has 0 amide bonds. The van der Waals surface area contributed by atoms with Crippen molar-refractivity contribution in [1.82, 2.24) is 0 Å². The minimum Gasteiger partial charge on any atom is -0.504 e. The summed E-state index contributed by atoms with van der Waals surface area (Å²) in [5, 5.41) is 10.1. The number of phenols is 1. The van der Waals surface area contributed by atoms with Gasteiger partial charge in [-0.05, 0) is 24.8 Å². The van der Waals surface area contributed by atoms with Crippen molar-refractivity contribution in [3.05, 3.63) is 23.8 Å². The van der Waals surface area contributed by atoms with Gasteiger partial charge in [0, 0.05) is 24.8 Å². The zero-order valence-electron chi connectivity index (χ0n) is 10.5. The number of aromatic hydroxyl groups is 1. The van der Waals surface area contributed by atoms with Crippen LogP contribution in [-0.4, -0.2) is 25.4 Å². The third kappa shape index (κ3) is 3.07. The maximum atomic E-state index is 10.1. The van der Waals surface area contributed by atoms with Crippen LogP contribution in [0, 0.1) is 5.92 Å². The van der Waals surface area contributed by atoms with Crippen LogP contribution in [0.3, 0.4) is 0 Å². The van der Waals surface area contributed by atoms with E-state index in [4.69, 9.17) is 15.2 Å². The van der Waals surface area contributed by atoms with Gasteiger partial charge in [0.1, 0.15) is 0 Å². The molecule has 1 heterocycles. The standard InChI is InChI=1S/C13H19NO3.ClH/c1-16-11-4-2-3-10(13(11)15)12(14)9-5-7-17-8-6-9;/h2-4,9,12,15H,5-8,14H2,1H3;1H/t12-;/m0./s1. The molecule has 1 atom stereocenters. The van der Waals surface area contributed by atoms with Crippen molar-refractivity contribution in [2.24, 2.45) is 11.7 Å². The van der Waals surface area contributed by atoms with Crippen LogP contribution in [0.2, 0.25) is 0 Å². The van der Waals surface area contributed by atoms with Gasteiger partial charge in [-0.2, -0.15) is 0 Å². The normalized spacial score (nSPS) is 17.9. The number of methoxy groups -OCH3 is 1. The van der Waals surface area contributed by atoms with Crippen molar-refractivity contribution >= 4 is 12.4 Å². The predicted octanol–water partition coefficient (Wildman–Crippen LogP) is 2.25. The summed E-state index contributed by atoms with van der Waals surface area (Å²) < 4.78 is 10.4. The Morgan fingerprint density at radius 1 is 1.39 bits per heavy atom. The zero-order valence-corrected chi connectivity index (χ0v) is 11.3. The number of ether oxygens (including phenoxy) is 2. The minimum absolute atomic E-state index is 0. The summed E-state index contributed by atoms with van der Waals surface area (Å²) in [4.78, 5) is 0. The SMILES string of the molecule is COc1cccc([C@@H](N)C2CCOCC2)c1O.Cl. The highest BCUT2D eigenvalue weighted by Crippen LogP contribution is 2.37. The third-order valence-corrected chi connectivity index (χ3v) is 3.38.